The highest BCUT2D eigenvalue weighted by Crippen LogP contribution is 2.31. The molecular weight excluding hydrogens is 226 g/mol. The number of para-hydroxylation sites is 1. The van der Waals surface area contributed by atoms with Crippen molar-refractivity contribution in [3.63, 3.8) is 0 Å². The number of aromatic nitrogens is 1. The van der Waals surface area contributed by atoms with Gasteiger partial charge >= 0.3 is 0 Å². The number of pyridine rings is 1. The number of methoxy groups -OCH3 is 1. The lowest BCUT2D eigenvalue weighted by atomic mass is 10.2. The van der Waals surface area contributed by atoms with Crippen LogP contribution in [0, 0.1) is 0 Å². The number of benzene rings is 1. The number of hydrogen-bond donors (Lipinski definition) is 1. The van der Waals surface area contributed by atoms with Gasteiger partial charge in [0.15, 0.2) is 0 Å². The van der Waals surface area contributed by atoms with Gasteiger partial charge in [0.1, 0.15) is 5.75 Å². The van der Waals surface area contributed by atoms with Gasteiger partial charge in [0, 0.05) is 13.2 Å². The van der Waals surface area contributed by atoms with E-state index in [0.29, 0.717) is 18.0 Å². The van der Waals surface area contributed by atoms with Crippen molar-refractivity contribution in [2.24, 2.45) is 0 Å². The van der Waals surface area contributed by atoms with Crippen molar-refractivity contribution in [1.29, 1.82) is 0 Å². The normalized spacial score (nSPS) is 10.1. The van der Waals surface area contributed by atoms with E-state index in [4.69, 9.17) is 10.5 Å². The third-order valence-electron chi connectivity index (χ3n) is 2.80. The largest absolute Gasteiger partial charge is 0.495 e. The van der Waals surface area contributed by atoms with Gasteiger partial charge in [-0.25, -0.2) is 0 Å². The van der Waals surface area contributed by atoms with Gasteiger partial charge in [0.25, 0.3) is 0 Å². The molecule has 2 N–H and O–H groups in total. The van der Waals surface area contributed by atoms with Crippen LogP contribution in [0.3, 0.4) is 0 Å². The summed E-state index contributed by atoms with van der Waals surface area (Å²) in [6, 6.07) is 11.6. The van der Waals surface area contributed by atoms with Crippen molar-refractivity contribution in [2.75, 3.05) is 24.8 Å². The second kappa shape index (κ2) is 5.40. The van der Waals surface area contributed by atoms with Crippen molar-refractivity contribution < 1.29 is 4.74 Å². The molecule has 0 aliphatic rings. The summed E-state index contributed by atoms with van der Waals surface area (Å²) in [6.45, 7) is 0.707. The number of rotatable bonds is 4. The molecular formula is C14H17N3O. The van der Waals surface area contributed by atoms with Crippen LogP contribution in [0.1, 0.15) is 5.69 Å². The Labute approximate surface area is 107 Å². The Morgan fingerprint density at radius 1 is 1.22 bits per heavy atom. The van der Waals surface area contributed by atoms with Crippen molar-refractivity contribution in [1.82, 2.24) is 4.98 Å². The van der Waals surface area contributed by atoms with Gasteiger partial charge in [-0.05, 0) is 24.3 Å². The Morgan fingerprint density at radius 2 is 2.06 bits per heavy atom. The smallest absolute Gasteiger partial charge is 0.143 e. The molecule has 0 radical (unpaired) electrons. The van der Waals surface area contributed by atoms with E-state index in [0.717, 1.165) is 11.4 Å². The van der Waals surface area contributed by atoms with E-state index in [2.05, 4.69) is 9.88 Å². The van der Waals surface area contributed by atoms with Crippen LogP contribution in [0.25, 0.3) is 0 Å². The molecule has 18 heavy (non-hydrogen) atoms. The van der Waals surface area contributed by atoms with Crippen LogP contribution >= 0.6 is 0 Å². The first kappa shape index (κ1) is 12.2. The van der Waals surface area contributed by atoms with E-state index in [1.807, 2.05) is 43.4 Å². The van der Waals surface area contributed by atoms with E-state index >= 15 is 0 Å². The SMILES string of the molecule is COc1cccc(N(C)Cc2ccccn2)c1N. The molecule has 0 saturated heterocycles. The summed E-state index contributed by atoms with van der Waals surface area (Å²) in [7, 11) is 3.61. The van der Waals surface area contributed by atoms with Crippen LogP contribution in [-0.4, -0.2) is 19.1 Å². The monoisotopic (exact) mass is 243 g/mol. The molecule has 0 fully saturated rings. The van der Waals surface area contributed by atoms with Crippen molar-refractivity contribution in [3.05, 3.63) is 48.3 Å². The molecule has 0 bridgehead atoms. The predicted molar refractivity (Wildman–Crippen MR) is 73.8 cm³/mol. The van der Waals surface area contributed by atoms with Crippen molar-refractivity contribution in [3.8, 4) is 5.75 Å². The Kier molecular flexibility index (Phi) is 3.67. The average Bonchev–Trinajstić information content (AvgIpc) is 2.40. The van der Waals surface area contributed by atoms with Gasteiger partial charge in [-0.1, -0.05) is 12.1 Å². The lowest BCUT2D eigenvalue weighted by molar-refractivity contribution is 0.417. The molecule has 94 valence electrons. The second-order valence-corrected chi connectivity index (χ2v) is 4.07. The zero-order valence-corrected chi connectivity index (χ0v) is 10.6. The molecule has 1 aromatic heterocycles. The lowest BCUT2D eigenvalue weighted by Crippen LogP contribution is -2.18. The third kappa shape index (κ3) is 2.53. The summed E-state index contributed by atoms with van der Waals surface area (Å²) >= 11 is 0. The number of nitrogens with zero attached hydrogens (tertiary/aromatic N) is 2. The number of anilines is 2. The standard InChI is InChI=1S/C14H17N3O/c1-17(10-11-6-3-4-9-16-11)12-7-5-8-13(18-2)14(12)15/h3-9H,10,15H2,1-2H3. The predicted octanol–water partition coefficient (Wildman–Crippen LogP) is 2.31. The summed E-state index contributed by atoms with van der Waals surface area (Å²) < 4.78 is 5.22. The van der Waals surface area contributed by atoms with Gasteiger partial charge in [0.2, 0.25) is 0 Å². The molecule has 4 nitrogen and oxygen atoms in total. The highest BCUT2D eigenvalue weighted by atomic mass is 16.5. The third-order valence-corrected chi connectivity index (χ3v) is 2.80. The second-order valence-electron chi connectivity index (χ2n) is 4.07. The van der Waals surface area contributed by atoms with Crippen LogP contribution < -0.4 is 15.4 Å². The maximum absolute atomic E-state index is 6.06. The summed E-state index contributed by atoms with van der Waals surface area (Å²) in [5.74, 6) is 0.695. The van der Waals surface area contributed by atoms with Gasteiger partial charge in [-0.3, -0.25) is 4.98 Å². The zero-order valence-electron chi connectivity index (χ0n) is 10.6. The Morgan fingerprint density at radius 3 is 2.72 bits per heavy atom. The van der Waals surface area contributed by atoms with Crippen LogP contribution in [0.2, 0.25) is 0 Å². The lowest BCUT2D eigenvalue weighted by Gasteiger charge is -2.21. The van der Waals surface area contributed by atoms with E-state index in [9.17, 15) is 0 Å². The quantitative estimate of drug-likeness (QED) is 0.837. The Hall–Kier alpha value is -2.23. The van der Waals surface area contributed by atoms with Crippen molar-refractivity contribution in [2.45, 2.75) is 6.54 Å². The Bertz CT molecular complexity index is 514. The van der Waals surface area contributed by atoms with Crippen LogP contribution in [0.15, 0.2) is 42.6 Å². The first-order valence-electron chi connectivity index (χ1n) is 5.76. The minimum atomic E-state index is 0.651. The van der Waals surface area contributed by atoms with Crippen molar-refractivity contribution >= 4 is 11.4 Å². The molecule has 1 aromatic carbocycles. The molecule has 4 heteroatoms. The molecule has 0 atom stereocenters. The van der Waals surface area contributed by atoms with Gasteiger partial charge in [-0.2, -0.15) is 0 Å². The Balaban J connectivity index is 2.21. The molecule has 0 aliphatic heterocycles. The fourth-order valence-electron chi connectivity index (χ4n) is 1.86. The molecule has 0 aliphatic carbocycles. The van der Waals surface area contributed by atoms with Gasteiger partial charge in [-0.15, -0.1) is 0 Å². The topological polar surface area (TPSA) is 51.4 Å². The summed E-state index contributed by atoms with van der Waals surface area (Å²) in [6.07, 6.45) is 1.79. The van der Waals surface area contributed by atoms with E-state index in [1.165, 1.54) is 0 Å². The van der Waals surface area contributed by atoms with E-state index < -0.39 is 0 Å². The summed E-state index contributed by atoms with van der Waals surface area (Å²) in [4.78, 5) is 6.36. The minimum absolute atomic E-state index is 0.651. The highest BCUT2D eigenvalue weighted by Gasteiger charge is 2.09. The molecule has 1 heterocycles. The molecule has 2 rings (SSSR count). The zero-order chi connectivity index (χ0) is 13.0. The van der Waals surface area contributed by atoms with Crippen LogP contribution in [0.5, 0.6) is 5.75 Å². The van der Waals surface area contributed by atoms with Crippen LogP contribution in [0.4, 0.5) is 11.4 Å². The first-order valence-corrected chi connectivity index (χ1v) is 5.76. The molecule has 0 saturated carbocycles. The fourth-order valence-corrected chi connectivity index (χ4v) is 1.86. The molecule has 0 spiro atoms. The van der Waals surface area contributed by atoms with E-state index in [1.54, 1.807) is 13.3 Å². The molecule has 0 unspecified atom stereocenters. The number of nitrogen functional groups attached to an aromatic ring is 1. The van der Waals surface area contributed by atoms with Crippen LogP contribution in [-0.2, 0) is 6.54 Å². The number of hydrogen-bond acceptors (Lipinski definition) is 4. The number of ether oxygens (including phenoxy) is 1. The number of nitrogens with two attached hydrogens (primary N) is 1. The summed E-state index contributed by atoms with van der Waals surface area (Å²) in [5.41, 5.74) is 8.66. The maximum atomic E-state index is 6.06. The van der Waals surface area contributed by atoms with Gasteiger partial charge < -0.3 is 15.4 Å². The van der Waals surface area contributed by atoms with Gasteiger partial charge in [0.05, 0.1) is 30.7 Å². The molecule has 2 aromatic rings. The van der Waals surface area contributed by atoms with E-state index in [-0.39, 0.29) is 0 Å². The maximum Gasteiger partial charge on any atom is 0.143 e. The first-order chi connectivity index (χ1) is 8.72. The fraction of sp³-hybridized carbons (Fsp3) is 0.214. The molecule has 0 amide bonds. The highest BCUT2D eigenvalue weighted by molar-refractivity contribution is 5.73. The summed E-state index contributed by atoms with van der Waals surface area (Å²) in [5, 5.41) is 0. The average molecular weight is 243 g/mol. The minimum Gasteiger partial charge on any atom is -0.495 e.